The van der Waals surface area contributed by atoms with Gasteiger partial charge in [0.05, 0.1) is 0 Å². The molecule has 0 fully saturated rings. The average Bonchev–Trinajstić information content (AvgIpc) is 2.08. The quantitative estimate of drug-likeness (QED) is 0.601. The smallest absolute Gasteiger partial charge is 0.327 e. The lowest BCUT2D eigenvalue weighted by molar-refractivity contribution is -0.140. The molecule has 6 heteroatoms. The maximum Gasteiger partial charge on any atom is 0.327 e. The molecule has 15 heavy (non-hydrogen) atoms. The van der Waals surface area contributed by atoms with E-state index < -0.39 is 12.0 Å². The zero-order chi connectivity index (χ0) is 11.8. The minimum atomic E-state index is -0.984. The van der Waals surface area contributed by atoms with E-state index in [-0.39, 0.29) is 5.91 Å². The molecule has 1 amide bonds. The van der Waals surface area contributed by atoms with Gasteiger partial charge in [-0.3, -0.25) is 4.79 Å². The predicted molar refractivity (Wildman–Crippen MR) is 61.1 cm³/mol. The molecule has 0 spiro atoms. The first-order chi connectivity index (χ1) is 6.93. The molecule has 0 saturated heterocycles. The fourth-order valence-corrected chi connectivity index (χ4v) is 1.99. The highest BCUT2D eigenvalue weighted by Gasteiger charge is 2.17. The number of thioether (sulfide) groups is 1. The number of nitrogens with zero attached hydrogens (tertiary/aromatic N) is 1. The number of carboxylic acids is 1. The maximum absolute atomic E-state index is 10.7. The number of carbonyl (C=O) groups excluding carboxylic acids is 1. The molecule has 0 bridgehead atoms. The molecule has 1 unspecified atom stereocenters. The third-order valence-electron chi connectivity index (χ3n) is 1.64. The van der Waals surface area contributed by atoms with Gasteiger partial charge in [0.2, 0.25) is 5.91 Å². The Hall–Kier alpha value is -0.750. The van der Waals surface area contributed by atoms with Gasteiger partial charge in [-0.2, -0.15) is 11.8 Å². The van der Waals surface area contributed by atoms with Crippen LogP contribution in [0.3, 0.4) is 0 Å². The van der Waals surface area contributed by atoms with Crippen LogP contribution in [0.15, 0.2) is 0 Å². The van der Waals surface area contributed by atoms with Crippen LogP contribution >= 0.6 is 11.8 Å². The molecule has 0 heterocycles. The van der Waals surface area contributed by atoms with Crippen molar-refractivity contribution in [3.63, 3.8) is 0 Å². The van der Waals surface area contributed by atoms with Crippen molar-refractivity contribution in [3.8, 4) is 0 Å². The monoisotopic (exact) mass is 234 g/mol. The van der Waals surface area contributed by atoms with Crippen molar-refractivity contribution >= 4 is 23.6 Å². The minimum Gasteiger partial charge on any atom is -0.480 e. The summed E-state index contributed by atoms with van der Waals surface area (Å²) in [5, 5.41) is 11.2. The second kappa shape index (κ2) is 7.53. The number of aliphatic carboxylic acids is 1. The summed E-state index contributed by atoms with van der Waals surface area (Å²) < 4.78 is 0. The molecule has 88 valence electrons. The second-order valence-electron chi connectivity index (χ2n) is 3.47. The van der Waals surface area contributed by atoms with Gasteiger partial charge in [-0.05, 0) is 14.1 Å². The van der Waals surface area contributed by atoms with E-state index in [1.165, 1.54) is 18.7 Å². The van der Waals surface area contributed by atoms with Gasteiger partial charge < -0.3 is 15.3 Å². The van der Waals surface area contributed by atoms with Gasteiger partial charge >= 0.3 is 5.97 Å². The van der Waals surface area contributed by atoms with Crippen LogP contribution in [-0.2, 0) is 9.59 Å². The first-order valence-corrected chi connectivity index (χ1v) is 5.81. The molecule has 0 aromatic rings. The van der Waals surface area contributed by atoms with Crippen LogP contribution in [0.2, 0.25) is 0 Å². The Labute approximate surface area is 94.2 Å². The van der Waals surface area contributed by atoms with Gasteiger partial charge in [0.1, 0.15) is 6.04 Å². The van der Waals surface area contributed by atoms with Crippen molar-refractivity contribution in [2.75, 3.05) is 32.1 Å². The molecule has 0 rings (SSSR count). The lowest BCUT2D eigenvalue weighted by Crippen LogP contribution is -2.41. The average molecular weight is 234 g/mol. The summed E-state index contributed by atoms with van der Waals surface area (Å²) in [6, 6.07) is -0.783. The van der Waals surface area contributed by atoms with E-state index in [4.69, 9.17) is 5.11 Å². The van der Waals surface area contributed by atoms with Gasteiger partial charge in [-0.15, -0.1) is 0 Å². The topological polar surface area (TPSA) is 69.6 Å². The summed E-state index contributed by atoms with van der Waals surface area (Å²) in [5.74, 6) is -0.0304. The van der Waals surface area contributed by atoms with E-state index in [2.05, 4.69) is 5.32 Å². The van der Waals surface area contributed by atoms with Gasteiger partial charge in [-0.25, -0.2) is 4.79 Å². The first-order valence-electron chi connectivity index (χ1n) is 4.66. The zero-order valence-electron chi connectivity index (χ0n) is 9.32. The van der Waals surface area contributed by atoms with Crippen molar-refractivity contribution in [1.82, 2.24) is 10.2 Å². The van der Waals surface area contributed by atoms with Crippen LogP contribution < -0.4 is 5.32 Å². The van der Waals surface area contributed by atoms with E-state index >= 15 is 0 Å². The van der Waals surface area contributed by atoms with Gasteiger partial charge in [0.25, 0.3) is 0 Å². The number of hydrogen-bond acceptors (Lipinski definition) is 4. The summed E-state index contributed by atoms with van der Waals surface area (Å²) in [5.41, 5.74) is 0. The van der Waals surface area contributed by atoms with Crippen molar-refractivity contribution in [3.05, 3.63) is 0 Å². The number of nitrogens with one attached hydrogen (secondary N) is 1. The van der Waals surface area contributed by atoms with E-state index in [0.29, 0.717) is 5.75 Å². The van der Waals surface area contributed by atoms with Crippen LogP contribution in [0.1, 0.15) is 6.92 Å². The highest BCUT2D eigenvalue weighted by Crippen LogP contribution is 2.03. The van der Waals surface area contributed by atoms with Gasteiger partial charge in [0, 0.05) is 25.0 Å². The molecular weight excluding hydrogens is 216 g/mol. The van der Waals surface area contributed by atoms with Crippen molar-refractivity contribution in [2.24, 2.45) is 0 Å². The number of carbonyl (C=O) groups is 2. The number of carboxylic acid groups (broad SMARTS) is 1. The Balaban J connectivity index is 3.77. The summed E-state index contributed by atoms with van der Waals surface area (Å²) in [6.45, 7) is 2.22. The first kappa shape index (κ1) is 14.2. The van der Waals surface area contributed by atoms with Crippen LogP contribution in [0.25, 0.3) is 0 Å². The molecule has 0 aliphatic heterocycles. The van der Waals surface area contributed by atoms with E-state index in [9.17, 15) is 9.59 Å². The molecular formula is C9H18N2O3S. The molecule has 1 atom stereocenters. The SMILES string of the molecule is CC(=O)NC(CSCCN(C)C)C(=O)O. The highest BCUT2D eigenvalue weighted by atomic mass is 32.2. The highest BCUT2D eigenvalue weighted by molar-refractivity contribution is 7.99. The standard InChI is InChI=1S/C9H18N2O3S/c1-7(12)10-8(9(13)14)6-15-5-4-11(2)3/h8H,4-6H2,1-3H3,(H,10,12)(H,13,14). The fraction of sp³-hybridized carbons (Fsp3) is 0.778. The van der Waals surface area contributed by atoms with Crippen LogP contribution in [0, 0.1) is 0 Å². The van der Waals surface area contributed by atoms with Gasteiger partial charge in [0.15, 0.2) is 0 Å². The molecule has 0 aromatic carbocycles. The maximum atomic E-state index is 10.7. The molecule has 0 radical (unpaired) electrons. The zero-order valence-corrected chi connectivity index (χ0v) is 10.1. The fourth-order valence-electron chi connectivity index (χ4n) is 0.868. The molecule has 0 aliphatic rings. The van der Waals surface area contributed by atoms with E-state index in [1.54, 1.807) is 0 Å². The molecule has 2 N–H and O–H groups in total. The number of rotatable bonds is 7. The van der Waals surface area contributed by atoms with Crippen molar-refractivity contribution < 1.29 is 14.7 Å². The van der Waals surface area contributed by atoms with Crippen LogP contribution in [0.4, 0.5) is 0 Å². The Kier molecular flexibility index (Phi) is 7.15. The minimum absolute atomic E-state index is 0.310. The second-order valence-corrected chi connectivity index (χ2v) is 4.62. The normalized spacial score (nSPS) is 12.5. The molecule has 0 aromatic heterocycles. The van der Waals surface area contributed by atoms with Crippen LogP contribution in [0.5, 0.6) is 0 Å². The lowest BCUT2D eigenvalue weighted by atomic mass is 10.3. The van der Waals surface area contributed by atoms with Crippen LogP contribution in [-0.4, -0.2) is 60.1 Å². The predicted octanol–water partition coefficient (Wildman–Crippen LogP) is -0.129. The lowest BCUT2D eigenvalue weighted by Gasteiger charge is -2.13. The molecule has 0 saturated carbocycles. The van der Waals surface area contributed by atoms with Crippen molar-refractivity contribution in [1.29, 1.82) is 0 Å². The largest absolute Gasteiger partial charge is 0.480 e. The summed E-state index contributed by atoms with van der Waals surface area (Å²) in [6.07, 6.45) is 0. The van der Waals surface area contributed by atoms with Crippen molar-refractivity contribution in [2.45, 2.75) is 13.0 Å². The Bertz CT molecular complexity index is 221. The Morgan fingerprint density at radius 1 is 1.47 bits per heavy atom. The summed E-state index contributed by atoms with van der Waals surface area (Å²) >= 11 is 1.52. The third kappa shape index (κ3) is 8.26. The molecule has 0 aliphatic carbocycles. The number of hydrogen-bond donors (Lipinski definition) is 2. The van der Waals surface area contributed by atoms with E-state index in [0.717, 1.165) is 12.3 Å². The summed E-state index contributed by atoms with van der Waals surface area (Å²) in [4.78, 5) is 23.5. The van der Waals surface area contributed by atoms with E-state index in [1.807, 2.05) is 19.0 Å². The third-order valence-corrected chi connectivity index (χ3v) is 2.68. The molecule has 5 nitrogen and oxygen atoms in total. The summed E-state index contributed by atoms with van der Waals surface area (Å²) in [7, 11) is 3.92. The Morgan fingerprint density at radius 2 is 2.07 bits per heavy atom. The number of amides is 1. The Morgan fingerprint density at radius 3 is 2.47 bits per heavy atom. The van der Waals surface area contributed by atoms with Gasteiger partial charge in [-0.1, -0.05) is 0 Å².